The lowest BCUT2D eigenvalue weighted by atomic mass is 10.1. The van der Waals surface area contributed by atoms with E-state index in [1.807, 2.05) is 23.1 Å². The first-order valence-corrected chi connectivity index (χ1v) is 6.93. The van der Waals surface area contributed by atoms with Gasteiger partial charge in [-0.15, -0.1) is 0 Å². The molecule has 1 fully saturated rings. The molecule has 8 heteroatoms. The predicted molar refractivity (Wildman–Crippen MR) is 76.9 cm³/mol. The van der Waals surface area contributed by atoms with E-state index in [-0.39, 0.29) is 11.6 Å². The molecule has 0 spiro atoms. The zero-order valence-electron chi connectivity index (χ0n) is 11.9. The lowest BCUT2D eigenvalue weighted by Gasteiger charge is -2.40. The smallest absolute Gasteiger partial charge is 0.352 e. The molecule has 0 aromatic carbocycles. The fraction of sp³-hybridized carbons (Fsp3) is 0.267. The van der Waals surface area contributed by atoms with Crippen LogP contribution in [0, 0.1) is 0 Å². The third-order valence-corrected chi connectivity index (χ3v) is 3.51. The first-order valence-electron chi connectivity index (χ1n) is 6.93. The van der Waals surface area contributed by atoms with Crippen molar-refractivity contribution >= 4 is 11.7 Å². The molecule has 5 nitrogen and oxygen atoms in total. The molecule has 0 unspecified atom stereocenters. The SMILES string of the molecule is O=C(NC1CN(c2ccccn2)C1)c1ccc(C(F)(F)F)nc1. The number of nitrogens with one attached hydrogen (secondary N) is 1. The lowest BCUT2D eigenvalue weighted by Crippen LogP contribution is -2.59. The van der Waals surface area contributed by atoms with Gasteiger partial charge in [0, 0.05) is 25.5 Å². The van der Waals surface area contributed by atoms with E-state index in [1.54, 1.807) is 6.20 Å². The number of amides is 1. The highest BCUT2D eigenvalue weighted by atomic mass is 19.4. The van der Waals surface area contributed by atoms with E-state index >= 15 is 0 Å². The second-order valence-electron chi connectivity index (χ2n) is 5.19. The Hall–Kier alpha value is -2.64. The standard InChI is InChI=1S/C15H13F3N4O/c16-15(17,18)12-5-4-10(7-20-12)14(23)21-11-8-22(9-11)13-3-1-2-6-19-13/h1-7,11H,8-9H2,(H,21,23). The van der Waals surface area contributed by atoms with E-state index in [1.165, 1.54) is 0 Å². The Balaban J connectivity index is 1.55. The maximum Gasteiger partial charge on any atom is 0.433 e. The zero-order valence-corrected chi connectivity index (χ0v) is 11.9. The fourth-order valence-electron chi connectivity index (χ4n) is 2.26. The molecular weight excluding hydrogens is 309 g/mol. The van der Waals surface area contributed by atoms with Gasteiger partial charge < -0.3 is 10.2 Å². The molecular formula is C15H13F3N4O. The molecule has 1 saturated heterocycles. The van der Waals surface area contributed by atoms with Crippen molar-refractivity contribution in [3.8, 4) is 0 Å². The van der Waals surface area contributed by atoms with Crippen LogP contribution in [-0.2, 0) is 6.18 Å². The number of carbonyl (C=O) groups is 1. The van der Waals surface area contributed by atoms with Crippen molar-refractivity contribution in [3.63, 3.8) is 0 Å². The number of pyridine rings is 2. The summed E-state index contributed by atoms with van der Waals surface area (Å²) < 4.78 is 37.3. The van der Waals surface area contributed by atoms with Crippen LogP contribution >= 0.6 is 0 Å². The van der Waals surface area contributed by atoms with Crippen LogP contribution in [0.2, 0.25) is 0 Å². The Morgan fingerprint density at radius 2 is 1.96 bits per heavy atom. The number of halogens is 3. The van der Waals surface area contributed by atoms with E-state index in [4.69, 9.17) is 0 Å². The Labute approximate surface area is 130 Å². The lowest BCUT2D eigenvalue weighted by molar-refractivity contribution is -0.141. The third kappa shape index (κ3) is 3.41. The molecule has 0 radical (unpaired) electrons. The van der Waals surface area contributed by atoms with Gasteiger partial charge >= 0.3 is 6.18 Å². The molecule has 23 heavy (non-hydrogen) atoms. The molecule has 2 aromatic rings. The normalized spacial score (nSPS) is 15.2. The molecule has 1 aliphatic heterocycles. The van der Waals surface area contributed by atoms with Crippen LogP contribution in [0.15, 0.2) is 42.7 Å². The second kappa shape index (κ2) is 5.86. The minimum Gasteiger partial charge on any atom is -0.352 e. The van der Waals surface area contributed by atoms with Gasteiger partial charge in [-0.25, -0.2) is 4.98 Å². The van der Waals surface area contributed by atoms with Crippen LogP contribution < -0.4 is 10.2 Å². The van der Waals surface area contributed by atoms with E-state index in [9.17, 15) is 18.0 Å². The minimum absolute atomic E-state index is 0.0631. The largest absolute Gasteiger partial charge is 0.433 e. The molecule has 2 aromatic heterocycles. The number of aromatic nitrogens is 2. The summed E-state index contributed by atoms with van der Waals surface area (Å²) in [4.78, 5) is 21.5. The molecule has 0 saturated carbocycles. The first kappa shape index (κ1) is 15.3. The summed E-state index contributed by atoms with van der Waals surface area (Å²) in [5, 5.41) is 2.76. The molecule has 0 aliphatic carbocycles. The van der Waals surface area contributed by atoms with Gasteiger partial charge in [-0.3, -0.25) is 9.78 Å². The molecule has 120 valence electrons. The zero-order chi connectivity index (χ0) is 16.4. The average Bonchev–Trinajstić information content (AvgIpc) is 2.50. The van der Waals surface area contributed by atoms with Crippen LogP contribution in [0.25, 0.3) is 0 Å². The number of carbonyl (C=O) groups excluding carboxylic acids is 1. The molecule has 1 aliphatic rings. The van der Waals surface area contributed by atoms with Crippen LogP contribution in [0.1, 0.15) is 16.1 Å². The van der Waals surface area contributed by atoms with E-state index in [0.717, 1.165) is 24.1 Å². The summed E-state index contributed by atoms with van der Waals surface area (Å²) in [6, 6.07) is 7.43. The highest BCUT2D eigenvalue weighted by molar-refractivity contribution is 5.94. The topological polar surface area (TPSA) is 58.1 Å². The summed E-state index contributed by atoms with van der Waals surface area (Å²) >= 11 is 0. The van der Waals surface area contributed by atoms with Gasteiger partial charge in [0.05, 0.1) is 11.6 Å². The summed E-state index contributed by atoms with van der Waals surface area (Å²) in [6.45, 7) is 1.22. The average molecular weight is 322 g/mol. The van der Waals surface area contributed by atoms with Gasteiger partial charge in [0.2, 0.25) is 0 Å². The number of rotatable bonds is 3. The molecule has 3 heterocycles. The van der Waals surface area contributed by atoms with Crippen molar-refractivity contribution in [1.29, 1.82) is 0 Å². The Bertz CT molecular complexity index is 682. The Morgan fingerprint density at radius 1 is 1.17 bits per heavy atom. The van der Waals surface area contributed by atoms with Gasteiger partial charge in [0.1, 0.15) is 11.5 Å². The van der Waals surface area contributed by atoms with Crippen LogP contribution in [0.5, 0.6) is 0 Å². The first-order chi connectivity index (χ1) is 10.9. The van der Waals surface area contributed by atoms with Gasteiger partial charge in [-0.2, -0.15) is 13.2 Å². The van der Waals surface area contributed by atoms with Crippen molar-refractivity contribution in [2.45, 2.75) is 12.2 Å². The molecule has 1 amide bonds. The Morgan fingerprint density at radius 3 is 2.52 bits per heavy atom. The highest BCUT2D eigenvalue weighted by Gasteiger charge is 2.33. The van der Waals surface area contributed by atoms with Gasteiger partial charge in [0.25, 0.3) is 5.91 Å². The van der Waals surface area contributed by atoms with Crippen LogP contribution in [0.3, 0.4) is 0 Å². The number of anilines is 1. The molecule has 0 atom stereocenters. The predicted octanol–water partition coefficient (Wildman–Crippen LogP) is 2.11. The van der Waals surface area contributed by atoms with Crippen molar-refractivity contribution in [2.24, 2.45) is 0 Å². The summed E-state index contributed by atoms with van der Waals surface area (Å²) in [7, 11) is 0. The summed E-state index contributed by atoms with van der Waals surface area (Å²) in [5.74, 6) is 0.395. The summed E-state index contributed by atoms with van der Waals surface area (Å²) in [6.07, 6.45) is -1.88. The highest BCUT2D eigenvalue weighted by Crippen LogP contribution is 2.27. The van der Waals surface area contributed by atoms with Crippen molar-refractivity contribution in [2.75, 3.05) is 18.0 Å². The maximum absolute atomic E-state index is 12.4. The number of alkyl halides is 3. The number of hydrogen-bond donors (Lipinski definition) is 1. The van der Waals surface area contributed by atoms with Gasteiger partial charge in [-0.05, 0) is 24.3 Å². The summed E-state index contributed by atoms with van der Waals surface area (Å²) in [5.41, 5.74) is -0.909. The van der Waals surface area contributed by atoms with Crippen LogP contribution in [0.4, 0.5) is 19.0 Å². The minimum atomic E-state index is -4.51. The van der Waals surface area contributed by atoms with Crippen molar-refractivity contribution in [1.82, 2.24) is 15.3 Å². The molecule has 1 N–H and O–H groups in total. The monoisotopic (exact) mass is 322 g/mol. The van der Waals surface area contributed by atoms with E-state index < -0.39 is 17.8 Å². The van der Waals surface area contributed by atoms with Gasteiger partial charge in [0.15, 0.2) is 0 Å². The van der Waals surface area contributed by atoms with E-state index in [2.05, 4.69) is 15.3 Å². The van der Waals surface area contributed by atoms with Crippen LogP contribution in [-0.4, -0.2) is 35.0 Å². The van der Waals surface area contributed by atoms with Crippen molar-refractivity contribution < 1.29 is 18.0 Å². The quantitative estimate of drug-likeness (QED) is 0.940. The van der Waals surface area contributed by atoms with Gasteiger partial charge in [-0.1, -0.05) is 6.07 Å². The second-order valence-corrected chi connectivity index (χ2v) is 5.19. The molecule has 0 bridgehead atoms. The number of nitrogens with zero attached hydrogens (tertiary/aromatic N) is 3. The molecule has 3 rings (SSSR count). The maximum atomic E-state index is 12.4. The van der Waals surface area contributed by atoms with Crippen molar-refractivity contribution in [3.05, 3.63) is 54.0 Å². The number of hydrogen-bond acceptors (Lipinski definition) is 4. The van der Waals surface area contributed by atoms with E-state index in [0.29, 0.717) is 13.1 Å². The Kier molecular flexibility index (Phi) is 3.89. The fourth-order valence-corrected chi connectivity index (χ4v) is 2.26. The third-order valence-electron chi connectivity index (χ3n) is 3.51.